The Balaban J connectivity index is 5.15. The third-order valence-corrected chi connectivity index (χ3v) is 1.47. The van der Waals surface area contributed by atoms with Crippen LogP contribution < -0.4 is 0 Å². The van der Waals surface area contributed by atoms with Crippen LogP contribution in [0.1, 0.15) is 20.8 Å². The number of hydrogen-bond donors (Lipinski definition) is 0. The maximum Gasteiger partial charge on any atom is 0.0881 e. The molecule has 2 nitrogen and oxygen atoms in total. The monoisotopic (exact) mass is 202 g/mol. The number of hydrogen-bond acceptors (Lipinski definition) is 2. The van der Waals surface area contributed by atoms with Gasteiger partial charge in [-0.3, -0.25) is 9.98 Å². The molecule has 0 aromatic carbocycles. The Morgan fingerprint density at radius 3 is 2.13 bits per heavy atom. The van der Waals surface area contributed by atoms with Gasteiger partial charge in [-0.05, 0) is 26.8 Å². The van der Waals surface area contributed by atoms with E-state index < -0.39 is 0 Å². The summed E-state index contributed by atoms with van der Waals surface area (Å²) in [5.74, 6) is 0. The van der Waals surface area contributed by atoms with Crippen LogP contribution in [0.2, 0.25) is 0 Å². The first-order valence-electron chi connectivity index (χ1n) is 4.82. The van der Waals surface area contributed by atoms with E-state index in [-0.39, 0.29) is 0 Å². The van der Waals surface area contributed by atoms with Crippen LogP contribution in [0.25, 0.3) is 0 Å². The van der Waals surface area contributed by atoms with Gasteiger partial charge in [0.05, 0.1) is 11.4 Å². The molecule has 0 aromatic heterocycles. The molecule has 0 rings (SSSR count). The average Bonchev–Trinajstić information content (AvgIpc) is 2.18. The Morgan fingerprint density at radius 1 is 1.07 bits per heavy atom. The lowest BCUT2D eigenvalue weighted by Crippen LogP contribution is -1.89. The predicted octanol–water partition coefficient (Wildman–Crippen LogP) is 3.70. The topological polar surface area (TPSA) is 24.7 Å². The third kappa shape index (κ3) is 5.57. The van der Waals surface area contributed by atoms with Crippen LogP contribution in [-0.2, 0) is 0 Å². The highest BCUT2D eigenvalue weighted by molar-refractivity contribution is 5.81. The number of allylic oxidation sites excluding steroid dienone is 4. The minimum atomic E-state index is 0.811. The van der Waals surface area contributed by atoms with Crippen LogP contribution in [0.3, 0.4) is 0 Å². The Labute approximate surface area is 92.2 Å². The first kappa shape index (κ1) is 13.3. The van der Waals surface area contributed by atoms with Gasteiger partial charge in [-0.15, -0.1) is 0 Å². The highest BCUT2D eigenvalue weighted by Gasteiger charge is 1.98. The second-order valence-electron chi connectivity index (χ2n) is 3.03. The zero-order chi connectivity index (χ0) is 11.7. The predicted molar refractivity (Wildman–Crippen MR) is 69.5 cm³/mol. The van der Waals surface area contributed by atoms with Gasteiger partial charge < -0.3 is 0 Å². The van der Waals surface area contributed by atoms with Crippen molar-refractivity contribution in [2.75, 3.05) is 0 Å². The third-order valence-electron chi connectivity index (χ3n) is 1.47. The largest absolute Gasteiger partial charge is 0.256 e. The molecule has 0 aromatic rings. The normalized spacial score (nSPS) is 12.7. The molecule has 15 heavy (non-hydrogen) atoms. The second kappa shape index (κ2) is 7.68. The van der Waals surface area contributed by atoms with E-state index in [1.54, 1.807) is 18.4 Å². The molecule has 0 aliphatic heterocycles. The van der Waals surface area contributed by atoms with Gasteiger partial charge in [-0.1, -0.05) is 31.4 Å². The maximum atomic E-state index is 4.38. The fourth-order valence-corrected chi connectivity index (χ4v) is 0.954. The van der Waals surface area contributed by atoms with Gasteiger partial charge in [0.1, 0.15) is 0 Å². The Kier molecular flexibility index (Phi) is 6.81. The van der Waals surface area contributed by atoms with Crippen LogP contribution in [0.15, 0.2) is 58.8 Å². The maximum absolute atomic E-state index is 4.38. The van der Waals surface area contributed by atoms with E-state index in [1.165, 1.54) is 0 Å². The highest BCUT2D eigenvalue weighted by Crippen LogP contribution is 2.13. The standard InChI is InChI=1S/C13H18N2/c1-6-9-13(15-11(4)5)12(8-3)14-10-7-2/h6-10H,1-2H2,3-5H3/b12-8-,13-9-,14-10?. The van der Waals surface area contributed by atoms with Crippen molar-refractivity contribution in [2.45, 2.75) is 20.8 Å². The minimum Gasteiger partial charge on any atom is -0.256 e. The van der Waals surface area contributed by atoms with E-state index in [4.69, 9.17) is 0 Å². The van der Waals surface area contributed by atoms with Gasteiger partial charge in [-0.2, -0.15) is 0 Å². The molecule has 0 N–H and O–H groups in total. The summed E-state index contributed by atoms with van der Waals surface area (Å²) in [6, 6.07) is 0. The molecule has 0 bridgehead atoms. The summed E-state index contributed by atoms with van der Waals surface area (Å²) in [5, 5.41) is 0. The zero-order valence-electron chi connectivity index (χ0n) is 9.70. The quantitative estimate of drug-likeness (QED) is 0.480. The van der Waals surface area contributed by atoms with Crippen molar-refractivity contribution in [3.05, 3.63) is 48.9 Å². The van der Waals surface area contributed by atoms with E-state index in [1.807, 2.05) is 32.9 Å². The number of nitrogens with zero attached hydrogens (tertiary/aromatic N) is 2. The Bertz CT molecular complexity index is 338. The molecule has 0 aliphatic carbocycles. The van der Waals surface area contributed by atoms with E-state index >= 15 is 0 Å². The zero-order valence-corrected chi connectivity index (χ0v) is 9.70. The molecule has 0 amide bonds. The summed E-state index contributed by atoms with van der Waals surface area (Å²) < 4.78 is 0. The lowest BCUT2D eigenvalue weighted by molar-refractivity contribution is 1.22. The molecule has 80 valence electrons. The SMILES string of the molecule is C=CC=NC(=C\C)/C(=C/C=C)N=C(C)C. The van der Waals surface area contributed by atoms with Gasteiger partial charge in [0, 0.05) is 11.9 Å². The van der Waals surface area contributed by atoms with Gasteiger partial charge in [0.2, 0.25) is 0 Å². The van der Waals surface area contributed by atoms with Gasteiger partial charge in [0.25, 0.3) is 0 Å². The van der Waals surface area contributed by atoms with Crippen LogP contribution in [0.4, 0.5) is 0 Å². The fourth-order valence-electron chi connectivity index (χ4n) is 0.954. The van der Waals surface area contributed by atoms with Gasteiger partial charge in [-0.25, -0.2) is 0 Å². The molecular formula is C13H18N2. The summed E-state index contributed by atoms with van der Waals surface area (Å²) in [7, 11) is 0. The highest BCUT2D eigenvalue weighted by atomic mass is 14.8. The van der Waals surface area contributed by atoms with Crippen LogP contribution in [0, 0.1) is 0 Å². The summed E-state index contributed by atoms with van der Waals surface area (Å²) in [4.78, 5) is 8.61. The second-order valence-corrected chi connectivity index (χ2v) is 3.03. The Morgan fingerprint density at radius 2 is 1.73 bits per heavy atom. The lowest BCUT2D eigenvalue weighted by atomic mass is 10.3. The van der Waals surface area contributed by atoms with Gasteiger partial charge in [0.15, 0.2) is 0 Å². The first-order chi connectivity index (χ1) is 7.15. The molecule has 0 spiro atoms. The molecule has 0 unspecified atom stereocenters. The summed E-state index contributed by atoms with van der Waals surface area (Å²) in [6.45, 7) is 13.1. The van der Waals surface area contributed by atoms with E-state index in [0.717, 1.165) is 17.1 Å². The molecule has 0 saturated carbocycles. The van der Waals surface area contributed by atoms with E-state index in [9.17, 15) is 0 Å². The van der Waals surface area contributed by atoms with Crippen molar-refractivity contribution in [3.63, 3.8) is 0 Å². The molecule has 0 radical (unpaired) electrons. The van der Waals surface area contributed by atoms with Crippen molar-refractivity contribution in [1.29, 1.82) is 0 Å². The van der Waals surface area contributed by atoms with E-state index in [0.29, 0.717) is 0 Å². The molecule has 0 saturated heterocycles. The summed E-state index contributed by atoms with van der Waals surface area (Å²) in [6.07, 6.45) is 8.73. The van der Waals surface area contributed by atoms with Gasteiger partial charge >= 0.3 is 0 Å². The van der Waals surface area contributed by atoms with Crippen molar-refractivity contribution < 1.29 is 0 Å². The molecule has 0 heterocycles. The average molecular weight is 202 g/mol. The molecular weight excluding hydrogens is 184 g/mol. The van der Waals surface area contributed by atoms with Crippen molar-refractivity contribution >= 4 is 11.9 Å². The first-order valence-corrected chi connectivity index (χ1v) is 4.82. The van der Waals surface area contributed by atoms with E-state index in [2.05, 4.69) is 23.1 Å². The van der Waals surface area contributed by atoms with Crippen LogP contribution in [-0.4, -0.2) is 11.9 Å². The van der Waals surface area contributed by atoms with Crippen LogP contribution in [0.5, 0.6) is 0 Å². The summed E-state index contributed by atoms with van der Waals surface area (Å²) in [5.41, 5.74) is 2.61. The number of rotatable bonds is 5. The lowest BCUT2D eigenvalue weighted by Gasteiger charge is -2.01. The fraction of sp³-hybridized carbons (Fsp3) is 0.231. The number of aliphatic imine (C=N–C) groups is 2. The summed E-state index contributed by atoms with van der Waals surface area (Å²) >= 11 is 0. The van der Waals surface area contributed by atoms with Crippen molar-refractivity contribution in [1.82, 2.24) is 0 Å². The minimum absolute atomic E-state index is 0.811. The van der Waals surface area contributed by atoms with Crippen LogP contribution >= 0.6 is 0 Å². The van der Waals surface area contributed by atoms with Crippen molar-refractivity contribution in [2.24, 2.45) is 9.98 Å². The smallest absolute Gasteiger partial charge is 0.0881 e. The molecule has 2 heteroatoms. The van der Waals surface area contributed by atoms with Crippen molar-refractivity contribution in [3.8, 4) is 0 Å². The molecule has 0 fully saturated rings. The molecule has 0 aliphatic rings. The molecule has 0 atom stereocenters. The Hall–Kier alpha value is -1.70.